The number of rotatable bonds is 12. The number of esters is 6. The summed E-state index contributed by atoms with van der Waals surface area (Å²) in [6.07, 6.45) is -7.67. The summed E-state index contributed by atoms with van der Waals surface area (Å²) in [4.78, 5) is 83.5. The molecule has 19 nitrogen and oxygen atoms in total. The van der Waals surface area contributed by atoms with Gasteiger partial charge in [-0.25, -0.2) is 4.79 Å². The van der Waals surface area contributed by atoms with Crippen molar-refractivity contribution in [3.63, 3.8) is 0 Å². The summed E-state index contributed by atoms with van der Waals surface area (Å²) in [7, 11) is 2.29. The standard InChI is InChI=1S/C42H54O19/c1-12-26(46)55-31-40(58-22(4)44)30(56-32(49)35(7)20(2)57-35)33(5)19-38(40,50)36(8,24(33)15-27(47)51-10)41-25(45)16-34(6,29(54-21(3)43)23-13-14-53-18-23)39(17-28(48)52-11)42(31,41)61-37(9,59-39)60-41/h13-14,18,20,24-25,29-31,45,50H,12,15-17,19H2,1-11H3/t20-,24-,25-,29+,30+,31-,33+,34-,35-,36+,37-,38+,39+,40-,41+,42+/m1/s1. The van der Waals surface area contributed by atoms with Crippen molar-refractivity contribution < 1.29 is 90.8 Å². The third kappa shape index (κ3) is 4.74. The first-order valence-corrected chi connectivity index (χ1v) is 20.4. The van der Waals surface area contributed by atoms with Gasteiger partial charge >= 0.3 is 35.8 Å². The van der Waals surface area contributed by atoms with E-state index in [0.29, 0.717) is 0 Å². The molecule has 3 aliphatic heterocycles. The first-order valence-electron chi connectivity index (χ1n) is 20.4. The molecular formula is C42H54O19. The Kier molecular flexibility index (Phi) is 9.25. The molecule has 4 heterocycles. The van der Waals surface area contributed by atoms with Gasteiger partial charge in [0, 0.05) is 55.4 Å². The minimum atomic E-state index is -2.71. The van der Waals surface area contributed by atoms with E-state index in [1.165, 1.54) is 53.4 Å². The van der Waals surface area contributed by atoms with E-state index in [1.54, 1.807) is 20.8 Å². The number of fused-ring (bicyclic) bond motifs is 2. The van der Waals surface area contributed by atoms with Crippen LogP contribution in [-0.4, -0.2) is 124 Å². The molecule has 336 valence electrons. The molecule has 0 radical (unpaired) electrons. The van der Waals surface area contributed by atoms with Crippen LogP contribution < -0.4 is 0 Å². The zero-order valence-electron chi connectivity index (χ0n) is 36.1. The van der Waals surface area contributed by atoms with Crippen LogP contribution in [0.2, 0.25) is 0 Å². The third-order valence-electron chi connectivity index (χ3n) is 15.9. The molecule has 7 fully saturated rings. The monoisotopic (exact) mass is 862 g/mol. The van der Waals surface area contributed by atoms with Crippen LogP contribution in [-0.2, 0) is 76.1 Å². The number of methoxy groups -OCH3 is 2. The summed E-state index contributed by atoms with van der Waals surface area (Å²) in [5.74, 6) is -8.88. The zero-order valence-corrected chi connectivity index (χ0v) is 36.1. The fraction of sp³-hybridized carbons (Fsp3) is 0.762. The first kappa shape index (κ1) is 43.5. The van der Waals surface area contributed by atoms with E-state index in [4.69, 9.17) is 51.8 Å². The van der Waals surface area contributed by atoms with Crippen molar-refractivity contribution in [1.29, 1.82) is 0 Å². The lowest BCUT2D eigenvalue weighted by Gasteiger charge is -2.78. The predicted octanol–water partition coefficient (Wildman–Crippen LogP) is 2.25. The van der Waals surface area contributed by atoms with E-state index in [0.717, 1.165) is 21.0 Å². The van der Waals surface area contributed by atoms with E-state index < -0.39 is 154 Å². The van der Waals surface area contributed by atoms with Crippen molar-refractivity contribution in [2.45, 2.75) is 165 Å². The molecule has 19 heteroatoms. The maximum Gasteiger partial charge on any atom is 0.341 e. The average Bonchev–Trinajstić information content (AvgIpc) is 3.64. The van der Waals surface area contributed by atoms with Crippen molar-refractivity contribution in [2.75, 3.05) is 14.2 Å². The van der Waals surface area contributed by atoms with Gasteiger partial charge < -0.3 is 62.0 Å². The number of carbonyl (C=O) groups excluding carboxylic acids is 6. The number of ether oxygens (including phenoxy) is 10. The fourth-order valence-corrected chi connectivity index (χ4v) is 13.6. The largest absolute Gasteiger partial charge is 0.472 e. The molecule has 1 aromatic rings. The molecule has 1 aromatic heterocycles. The van der Waals surface area contributed by atoms with Crippen LogP contribution >= 0.6 is 0 Å². The second-order valence-corrected chi connectivity index (χ2v) is 18.7. The van der Waals surface area contributed by atoms with Crippen LogP contribution in [0.5, 0.6) is 0 Å². The van der Waals surface area contributed by atoms with Gasteiger partial charge in [0.1, 0.15) is 22.9 Å². The zero-order chi connectivity index (χ0) is 44.9. The van der Waals surface area contributed by atoms with Crippen molar-refractivity contribution in [3.05, 3.63) is 24.2 Å². The van der Waals surface area contributed by atoms with Crippen LogP contribution in [0.15, 0.2) is 23.0 Å². The van der Waals surface area contributed by atoms with Gasteiger partial charge in [-0.2, -0.15) is 0 Å². The average molecular weight is 863 g/mol. The second-order valence-electron chi connectivity index (χ2n) is 18.7. The van der Waals surface area contributed by atoms with Crippen LogP contribution in [0, 0.1) is 22.2 Å². The number of hydrogen-bond acceptors (Lipinski definition) is 19. The molecule has 0 aromatic carbocycles. The Balaban J connectivity index is 1.55. The Bertz CT molecular complexity index is 2090. The van der Waals surface area contributed by atoms with Crippen molar-refractivity contribution >= 4 is 35.8 Å². The van der Waals surface area contributed by atoms with Crippen LogP contribution in [0.4, 0.5) is 0 Å². The Morgan fingerprint density at radius 1 is 0.885 bits per heavy atom. The maximum absolute atomic E-state index is 14.4. The van der Waals surface area contributed by atoms with E-state index in [-0.39, 0.29) is 12.0 Å². The van der Waals surface area contributed by atoms with E-state index in [1.807, 2.05) is 0 Å². The van der Waals surface area contributed by atoms with E-state index in [2.05, 4.69) is 0 Å². The Morgan fingerprint density at radius 3 is 2.07 bits per heavy atom. The third-order valence-corrected chi connectivity index (χ3v) is 15.9. The van der Waals surface area contributed by atoms with Crippen LogP contribution in [0.1, 0.15) is 106 Å². The molecule has 2 N–H and O–H groups in total. The molecule has 61 heavy (non-hydrogen) atoms. The number of furan rings is 1. The van der Waals surface area contributed by atoms with Crippen molar-refractivity contribution in [2.24, 2.45) is 22.2 Å². The lowest BCUT2D eigenvalue weighted by molar-refractivity contribution is -0.476. The second kappa shape index (κ2) is 13.0. The molecule has 16 atom stereocenters. The van der Waals surface area contributed by atoms with Gasteiger partial charge in [-0.05, 0) is 38.7 Å². The summed E-state index contributed by atoms with van der Waals surface area (Å²) < 4.78 is 68.3. The fourth-order valence-electron chi connectivity index (χ4n) is 13.6. The normalized spacial score (nSPS) is 48.4. The van der Waals surface area contributed by atoms with Crippen molar-refractivity contribution in [1.82, 2.24) is 0 Å². The van der Waals surface area contributed by atoms with Gasteiger partial charge in [-0.15, -0.1) is 0 Å². The minimum Gasteiger partial charge on any atom is -0.472 e. The molecule has 0 amide bonds. The first-order chi connectivity index (χ1) is 28.3. The Labute approximate surface area is 351 Å². The summed E-state index contributed by atoms with van der Waals surface area (Å²) in [5.41, 5.74) is -19.4. The molecule has 4 aliphatic carbocycles. The van der Waals surface area contributed by atoms with Crippen molar-refractivity contribution in [3.8, 4) is 0 Å². The lowest BCUT2D eigenvalue weighted by Crippen LogP contribution is -2.99. The predicted molar refractivity (Wildman–Crippen MR) is 198 cm³/mol. The van der Waals surface area contributed by atoms with Gasteiger partial charge in [0.25, 0.3) is 5.97 Å². The highest BCUT2D eigenvalue weighted by atomic mass is 17.0. The maximum atomic E-state index is 14.4. The van der Waals surface area contributed by atoms with Gasteiger partial charge in [0.15, 0.2) is 23.4 Å². The lowest BCUT2D eigenvalue weighted by atomic mass is 9.32. The van der Waals surface area contributed by atoms with Crippen LogP contribution in [0.3, 0.4) is 0 Å². The van der Waals surface area contributed by atoms with Gasteiger partial charge in [-0.1, -0.05) is 27.7 Å². The number of aliphatic hydroxyl groups is 2. The molecule has 7 aliphatic rings. The van der Waals surface area contributed by atoms with E-state index >= 15 is 0 Å². The Hall–Kier alpha value is -4.14. The van der Waals surface area contributed by atoms with E-state index in [9.17, 15) is 39.0 Å². The molecule has 0 unspecified atom stereocenters. The van der Waals surface area contributed by atoms with Gasteiger partial charge in [-0.3, -0.25) is 24.0 Å². The summed E-state index contributed by atoms with van der Waals surface area (Å²) in [5, 5.41) is 27.5. The number of epoxide rings is 1. The molecular weight excluding hydrogens is 808 g/mol. The molecule has 4 saturated carbocycles. The minimum absolute atomic E-state index is 0.255. The molecule has 8 rings (SSSR count). The topological polar surface area (TPSA) is 252 Å². The highest BCUT2D eigenvalue weighted by Gasteiger charge is 3.07. The van der Waals surface area contributed by atoms with Gasteiger partial charge in [0.2, 0.25) is 5.60 Å². The molecule has 4 bridgehead atoms. The summed E-state index contributed by atoms with van der Waals surface area (Å²) in [6.45, 7) is 12.9. The number of carbonyl (C=O) groups is 6. The quantitative estimate of drug-likeness (QED) is 0.174. The smallest absolute Gasteiger partial charge is 0.341 e. The van der Waals surface area contributed by atoms with Crippen LogP contribution in [0.25, 0.3) is 0 Å². The SMILES string of the molecule is CCC(=O)O[C@@H]1[C@]2(OC(C)=O)[C@@H](OC(=O)[C@]3(C)O[C@@H]3C)[C@@]3(C)C[C@]2(O)[C@](C)([C@@H]3CC(=O)OC)[C@]23O[C@@]4(C)O[C@](CC(=O)OC)([C@@]12O4)[C@@](C)([C@@H](OC(C)=O)c1ccoc1)C[C@H]3O. The molecule has 3 saturated heterocycles. The number of aliphatic hydroxyl groups excluding tert-OH is 1. The highest BCUT2D eigenvalue weighted by molar-refractivity contribution is 5.83. The summed E-state index contributed by atoms with van der Waals surface area (Å²) in [6, 6.07) is 1.51. The number of hydrogen-bond donors (Lipinski definition) is 2. The highest BCUT2D eigenvalue weighted by Crippen LogP contribution is 2.89. The Morgan fingerprint density at radius 2 is 1.52 bits per heavy atom. The summed E-state index contributed by atoms with van der Waals surface area (Å²) >= 11 is 0. The van der Waals surface area contributed by atoms with Gasteiger partial charge in [0.05, 0.1) is 45.4 Å². The molecule has 1 spiro atoms.